The highest BCUT2D eigenvalue weighted by Crippen LogP contribution is 2.43. The fourth-order valence-electron chi connectivity index (χ4n) is 2.76. The molecule has 2 heterocycles. The van der Waals surface area contributed by atoms with Gasteiger partial charge in [-0.15, -0.1) is 0 Å². The third-order valence-electron chi connectivity index (χ3n) is 4.48. The van der Waals surface area contributed by atoms with Gasteiger partial charge in [-0.1, -0.05) is 25.4 Å². The van der Waals surface area contributed by atoms with Crippen LogP contribution in [0.15, 0.2) is 12.3 Å². The number of aryl methyl sites for hydroxylation is 1. The minimum atomic E-state index is -4.55. The summed E-state index contributed by atoms with van der Waals surface area (Å²) in [5, 5.41) is 12.6. The zero-order chi connectivity index (χ0) is 22.4. The predicted octanol–water partition coefficient (Wildman–Crippen LogP) is 5.56. The molecule has 29 heavy (non-hydrogen) atoms. The van der Waals surface area contributed by atoms with Gasteiger partial charge < -0.3 is 5.11 Å². The summed E-state index contributed by atoms with van der Waals surface area (Å²) in [5.74, 6) is -4.89. The summed E-state index contributed by atoms with van der Waals surface area (Å²) in [4.78, 5) is 15.2. The van der Waals surface area contributed by atoms with Gasteiger partial charge in [0.1, 0.15) is 5.02 Å². The fraction of sp³-hybridized carbons (Fsp3) is 0.500. The summed E-state index contributed by atoms with van der Waals surface area (Å²) in [6.45, 7) is 4.22. The van der Waals surface area contributed by atoms with E-state index in [4.69, 9.17) is 11.6 Å². The molecule has 1 N–H and O–H groups in total. The van der Waals surface area contributed by atoms with E-state index in [9.17, 15) is 31.9 Å². The standard InChI is InChI=1S/C18H19ClF5N3O2/c1-5-27-14(12(19)13(26-27)15(28)29)10-8-25-9(6-11(10)17(4,20)21)7-16(2,3)18(22,23)24/h6,8H,5,7H2,1-4H3,(H,28,29). The van der Waals surface area contributed by atoms with Gasteiger partial charge in [-0.25, -0.2) is 13.6 Å². The van der Waals surface area contributed by atoms with Crippen LogP contribution in [-0.2, 0) is 18.9 Å². The molecule has 0 aliphatic carbocycles. The number of alkyl halides is 5. The van der Waals surface area contributed by atoms with Crippen LogP contribution in [0.1, 0.15) is 49.4 Å². The Bertz CT molecular complexity index is 933. The van der Waals surface area contributed by atoms with Crippen molar-refractivity contribution in [3.05, 3.63) is 34.2 Å². The largest absolute Gasteiger partial charge is 0.476 e. The van der Waals surface area contributed by atoms with Crippen molar-refractivity contribution in [2.75, 3.05) is 0 Å². The first-order valence-corrected chi connectivity index (χ1v) is 8.92. The highest BCUT2D eigenvalue weighted by Gasteiger charge is 2.47. The lowest BCUT2D eigenvalue weighted by Crippen LogP contribution is -2.34. The second kappa shape index (κ2) is 7.55. The number of rotatable bonds is 6. The molecule has 0 amide bonds. The lowest BCUT2D eigenvalue weighted by atomic mass is 9.86. The molecule has 0 unspecified atom stereocenters. The van der Waals surface area contributed by atoms with Crippen LogP contribution in [-0.4, -0.2) is 32.0 Å². The first-order chi connectivity index (χ1) is 13.1. The second-order valence-corrected chi connectivity index (χ2v) is 7.68. The first-order valence-electron chi connectivity index (χ1n) is 8.54. The molecule has 5 nitrogen and oxygen atoms in total. The number of carbonyl (C=O) groups is 1. The monoisotopic (exact) mass is 439 g/mol. The Labute approximate surface area is 168 Å². The van der Waals surface area contributed by atoms with E-state index in [2.05, 4.69) is 10.1 Å². The molecule has 0 aliphatic heterocycles. The van der Waals surface area contributed by atoms with Crippen molar-refractivity contribution in [2.45, 2.75) is 52.8 Å². The third kappa shape index (κ3) is 4.52. The molecule has 2 aromatic rings. The predicted molar refractivity (Wildman–Crippen MR) is 96.2 cm³/mol. The van der Waals surface area contributed by atoms with E-state index in [0.29, 0.717) is 6.92 Å². The highest BCUT2D eigenvalue weighted by atomic mass is 35.5. The van der Waals surface area contributed by atoms with Crippen LogP contribution in [0.3, 0.4) is 0 Å². The van der Waals surface area contributed by atoms with Gasteiger partial charge in [-0.3, -0.25) is 9.67 Å². The summed E-state index contributed by atoms with van der Waals surface area (Å²) in [6, 6.07) is 0.895. The van der Waals surface area contributed by atoms with Gasteiger partial charge in [0, 0.05) is 42.9 Å². The average Bonchev–Trinajstić information content (AvgIpc) is 2.89. The van der Waals surface area contributed by atoms with Crippen LogP contribution in [0.4, 0.5) is 22.0 Å². The fourth-order valence-corrected chi connectivity index (χ4v) is 3.08. The minimum Gasteiger partial charge on any atom is -0.476 e. The molecule has 0 spiro atoms. The van der Waals surface area contributed by atoms with Gasteiger partial charge in [0.05, 0.1) is 11.1 Å². The average molecular weight is 440 g/mol. The highest BCUT2D eigenvalue weighted by molar-refractivity contribution is 6.35. The molecular weight excluding hydrogens is 421 g/mol. The lowest BCUT2D eigenvalue weighted by Gasteiger charge is -2.28. The van der Waals surface area contributed by atoms with Gasteiger partial charge in [-0.05, 0) is 13.0 Å². The van der Waals surface area contributed by atoms with E-state index < -0.39 is 41.2 Å². The number of aromatic nitrogens is 3. The summed E-state index contributed by atoms with van der Waals surface area (Å²) in [7, 11) is 0. The SMILES string of the molecule is CCn1nc(C(=O)O)c(Cl)c1-c1cnc(CC(C)(C)C(F)(F)F)cc1C(C)(F)F. The molecule has 0 saturated carbocycles. The van der Waals surface area contributed by atoms with Crippen molar-refractivity contribution in [3.63, 3.8) is 0 Å². The summed E-state index contributed by atoms with van der Waals surface area (Å²) < 4.78 is 69.3. The van der Waals surface area contributed by atoms with Gasteiger partial charge in [0.15, 0.2) is 5.69 Å². The number of carboxylic acid groups (broad SMARTS) is 1. The number of pyridine rings is 1. The Hall–Kier alpha value is -2.23. The van der Waals surface area contributed by atoms with E-state index >= 15 is 0 Å². The number of aromatic carboxylic acids is 1. The van der Waals surface area contributed by atoms with Crippen molar-refractivity contribution >= 4 is 17.6 Å². The molecule has 0 aliphatic rings. The molecule has 0 saturated heterocycles. The van der Waals surface area contributed by atoms with Crippen LogP contribution in [0.25, 0.3) is 11.3 Å². The van der Waals surface area contributed by atoms with E-state index in [0.717, 1.165) is 30.8 Å². The Morgan fingerprint density at radius 3 is 2.24 bits per heavy atom. The number of carboxylic acids is 1. The summed E-state index contributed by atoms with van der Waals surface area (Å²) in [6.07, 6.45) is -4.18. The van der Waals surface area contributed by atoms with E-state index in [1.807, 2.05) is 0 Å². The number of hydrogen-bond acceptors (Lipinski definition) is 3. The third-order valence-corrected chi connectivity index (χ3v) is 4.83. The molecule has 0 aromatic carbocycles. The number of halogens is 6. The maximum absolute atomic E-state index is 14.3. The van der Waals surface area contributed by atoms with Crippen LogP contribution < -0.4 is 0 Å². The molecule has 0 atom stereocenters. The van der Waals surface area contributed by atoms with Gasteiger partial charge >= 0.3 is 12.1 Å². The van der Waals surface area contributed by atoms with E-state index in [-0.39, 0.29) is 28.5 Å². The van der Waals surface area contributed by atoms with Crippen molar-refractivity contribution in [3.8, 4) is 11.3 Å². The summed E-state index contributed by atoms with van der Waals surface area (Å²) >= 11 is 6.08. The number of nitrogens with zero attached hydrogens (tertiary/aromatic N) is 3. The summed E-state index contributed by atoms with van der Waals surface area (Å²) in [5.41, 5.74) is -3.77. The zero-order valence-electron chi connectivity index (χ0n) is 16.0. The molecule has 2 aromatic heterocycles. The van der Waals surface area contributed by atoms with Crippen LogP contribution in [0.2, 0.25) is 5.02 Å². The van der Waals surface area contributed by atoms with Gasteiger partial charge in [0.2, 0.25) is 0 Å². The molecule has 11 heteroatoms. The van der Waals surface area contributed by atoms with Gasteiger partial charge in [-0.2, -0.15) is 18.3 Å². The first kappa shape index (κ1) is 23.1. The second-order valence-electron chi connectivity index (χ2n) is 7.30. The Balaban J connectivity index is 2.69. The van der Waals surface area contributed by atoms with Crippen molar-refractivity contribution in [1.29, 1.82) is 0 Å². The van der Waals surface area contributed by atoms with E-state index in [1.54, 1.807) is 6.92 Å². The van der Waals surface area contributed by atoms with Gasteiger partial charge in [0.25, 0.3) is 5.92 Å². The van der Waals surface area contributed by atoms with Crippen molar-refractivity contribution in [1.82, 2.24) is 14.8 Å². The Kier molecular flexibility index (Phi) is 6.00. The smallest absolute Gasteiger partial charge is 0.394 e. The molecule has 0 radical (unpaired) electrons. The molecular formula is C18H19ClF5N3O2. The zero-order valence-corrected chi connectivity index (χ0v) is 16.8. The van der Waals surface area contributed by atoms with Crippen LogP contribution in [0.5, 0.6) is 0 Å². The molecule has 160 valence electrons. The maximum Gasteiger partial charge on any atom is 0.394 e. The Morgan fingerprint density at radius 2 is 1.79 bits per heavy atom. The van der Waals surface area contributed by atoms with Crippen LogP contribution >= 0.6 is 11.6 Å². The minimum absolute atomic E-state index is 0.0859. The molecule has 0 bridgehead atoms. The molecule has 2 rings (SSSR count). The Morgan fingerprint density at radius 1 is 1.21 bits per heavy atom. The maximum atomic E-state index is 14.3. The quantitative estimate of drug-likeness (QED) is 0.598. The van der Waals surface area contributed by atoms with Crippen LogP contribution in [0, 0.1) is 5.41 Å². The van der Waals surface area contributed by atoms with E-state index in [1.165, 1.54) is 0 Å². The normalized spacial score (nSPS) is 13.0. The number of hydrogen-bond donors (Lipinski definition) is 1. The van der Waals surface area contributed by atoms with Crippen molar-refractivity contribution in [2.24, 2.45) is 5.41 Å². The van der Waals surface area contributed by atoms with Crippen molar-refractivity contribution < 1.29 is 31.9 Å². The molecule has 0 fully saturated rings. The topological polar surface area (TPSA) is 68.0 Å². The lowest BCUT2D eigenvalue weighted by molar-refractivity contribution is -0.211.